The first-order valence-electron chi connectivity index (χ1n) is 10.4. The van der Waals surface area contributed by atoms with E-state index in [0.29, 0.717) is 4.31 Å². The molecule has 1 saturated heterocycles. The third kappa shape index (κ3) is 7.01. The summed E-state index contributed by atoms with van der Waals surface area (Å²) >= 11 is 0. The topological polar surface area (TPSA) is 101 Å². The number of aryl methyl sites for hydroxylation is 1. The Morgan fingerprint density at radius 2 is 1.97 bits per heavy atom. The molecule has 1 fully saturated rings. The van der Waals surface area contributed by atoms with Crippen molar-refractivity contribution in [2.45, 2.75) is 49.9 Å². The highest BCUT2D eigenvalue weighted by Gasteiger charge is 2.45. The second kappa shape index (κ2) is 9.93. The van der Waals surface area contributed by atoms with Crippen LogP contribution in [0.5, 0.6) is 5.75 Å². The maximum absolute atomic E-state index is 14.2. The van der Waals surface area contributed by atoms with E-state index in [1.54, 1.807) is 0 Å². The number of rotatable bonds is 7. The lowest BCUT2D eigenvalue weighted by atomic mass is 10.0. The summed E-state index contributed by atoms with van der Waals surface area (Å²) in [5.41, 5.74) is 0.415. The Bertz CT molecular complexity index is 1190. The Kier molecular flexibility index (Phi) is 7.55. The summed E-state index contributed by atoms with van der Waals surface area (Å²) < 4.78 is 97.3. The number of sulfonamides is 1. The molecule has 2 heterocycles. The van der Waals surface area contributed by atoms with Crippen molar-refractivity contribution < 1.29 is 39.9 Å². The molecule has 0 bridgehead atoms. The first-order chi connectivity index (χ1) is 16.2. The second-order valence-corrected chi connectivity index (χ2v) is 9.92. The molecule has 1 unspecified atom stereocenters. The van der Waals surface area contributed by atoms with Gasteiger partial charge in [-0.3, -0.25) is 4.79 Å². The van der Waals surface area contributed by atoms with Gasteiger partial charge in [-0.2, -0.15) is 4.31 Å². The zero-order valence-electron chi connectivity index (χ0n) is 18.7. The molecule has 192 valence electrons. The quantitative estimate of drug-likeness (QED) is 0.534. The number of hydrogen-bond donors (Lipinski definition) is 2. The van der Waals surface area contributed by atoms with Gasteiger partial charge in [-0.15, -0.1) is 13.2 Å². The molecular formula is C21H23F5N4O4S. The van der Waals surface area contributed by atoms with Crippen LogP contribution in [0, 0.1) is 6.92 Å². The number of piperidine rings is 1. The fourth-order valence-corrected chi connectivity index (χ4v) is 5.55. The number of benzene rings is 1. The molecule has 1 amide bonds. The molecule has 0 spiro atoms. The summed E-state index contributed by atoms with van der Waals surface area (Å²) in [7, 11) is -4.44. The van der Waals surface area contributed by atoms with E-state index in [4.69, 9.17) is 0 Å². The highest BCUT2D eigenvalue weighted by Crippen LogP contribution is 2.35. The van der Waals surface area contributed by atoms with Crippen LogP contribution in [0.25, 0.3) is 0 Å². The van der Waals surface area contributed by atoms with E-state index in [9.17, 15) is 35.2 Å². The number of hydrogen-bond acceptors (Lipinski definition) is 6. The lowest BCUT2D eigenvalue weighted by molar-refractivity contribution is -0.274. The van der Waals surface area contributed by atoms with Crippen molar-refractivity contribution >= 4 is 27.4 Å². The van der Waals surface area contributed by atoms with E-state index in [0.717, 1.165) is 18.3 Å². The maximum Gasteiger partial charge on any atom is 0.573 e. The van der Waals surface area contributed by atoms with Crippen molar-refractivity contribution in [2.75, 3.05) is 18.4 Å². The van der Waals surface area contributed by atoms with E-state index in [1.165, 1.54) is 32.0 Å². The van der Waals surface area contributed by atoms with Crippen molar-refractivity contribution in [3.63, 3.8) is 0 Å². The summed E-state index contributed by atoms with van der Waals surface area (Å²) in [4.78, 5) is 14.9. The summed E-state index contributed by atoms with van der Waals surface area (Å²) in [6, 6.07) is 5.16. The number of pyridine rings is 1. The molecule has 0 saturated carbocycles. The number of amides is 1. The Labute approximate surface area is 198 Å². The van der Waals surface area contributed by atoms with Crippen molar-refractivity contribution in [1.29, 1.82) is 0 Å². The van der Waals surface area contributed by atoms with Crippen LogP contribution in [0.4, 0.5) is 33.5 Å². The van der Waals surface area contributed by atoms with Gasteiger partial charge < -0.3 is 15.4 Å². The number of carbonyl (C=O) groups excluding carboxylic acids is 1. The van der Waals surface area contributed by atoms with E-state index >= 15 is 0 Å². The number of nitrogens with one attached hydrogen (secondary N) is 2. The van der Waals surface area contributed by atoms with Crippen molar-refractivity contribution in [3.8, 4) is 5.75 Å². The molecule has 14 heteroatoms. The van der Waals surface area contributed by atoms with Gasteiger partial charge in [0.25, 0.3) is 5.92 Å². The molecule has 0 aliphatic carbocycles. The van der Waals surface area contributed by atoms with E-state index < -0.39 is 53.0 Å². The fraction of sp³-hybridized carbons (Fsp3) is 0.429. The van der Waals surface area contributed by atoms with Crippen LogP contribution in [-0.2, 0) is 14.8 Å². The molecule has 1 aromatic heterocycles. The number of halogens is 5. The highest BCUT2D eigenvalue weighted by molar-refractivity contribution is 7.89. The molecule has 1 aromatic carbocycles. The van der Waals surface area contributed by atoms with Gasteiger partial charge in [0.15, 0.2) is 0 Å². The van der Waals surface area contributed by atoms with Crippen molar-refractivity contribution in [2.24, 2.45) is 0 Å². The maximum atomic E-state index is 14.2. The molecule has 2 aromatic rings. The molecule has 0 radical (unpaired) electrons. The van der Waals surface area contributed by atoms with Gasteiger partial charge in [0.2, 0.25) is 15.9 Å². The van der Waals surface area contributed by atoms with Crippen LogP contribution in [0.1, 0.15) is 25.3 Å². The predicted octanol–water partition coefficient (Wildman–Crippen LogP) is 3.96. The first kappa shape index (κ1) is 26.6. The lowest BCUT2D eigenvalue weighted by Gasteiger charge is -2.38. The Morgan fingerprint density at radius 1 is 1.26 bits per heavy atom. The minimum Gasteiger partial charge on any atom is -0.406 e. The van der Waals surface area contributed by atoms with Gasteiger partial charge in [-0.1, -0.05) is 6.07 Å². The van der Waals surface area contributed by atoms with Crippen LogP contribution in [-0.4, -0.2) is 55.0 Å². The fourth-order valence-electron chi connectivity index (χ4n) is 3.61. The van der Waals surface area contributed by atoms with E-state index in [2.05, 4.69) is 20.4 Å². The third-order valence-corrected chi connectivity index (χ3v) is 7.28. The SMILES string of the molecule is CC(=O)NCC1CCC(F)(F)CN1S(=O)(=O)c1cc(Nc2cc(OC(F)(F)F)ccn2)ccc1C. The van der Waals surface area contributed by atoms with Crippen LogP contribution in [0.3, 0.4) is 0 Å². The van der Waals surface area contributed by atoms with E-state index in [-0.39, 0.29) is 34.9 Å². The number of alkyl halides is 5. The molecule has 1 aliphatic heterocycles. The lowest BCUT2D eigenvalue weighted by Crippen LogP contribution is -2.54. The number of carbonyl (C=O) groups is 1. The number of ether oxygens (including phenoxy) is 1. The molecule has 3 rings (SSSR count). The monoisotopic (exact) mass is 522 g/mol. The first-order valence-corrected chi connectivity index (χ1v) is 11.8. The highest BCUT2D eigenvalue weighted by atomic mass is 32.2. The molecule has 35 heavy (non-hydrogen) atoms. The second-order valence-electron chi connectivity index (χ2n) is 8.07. The molecule has 1 atom stereocenters. The van der Waals surface area contributed by atoms with E-state index in [1.807, 2.05) is 0 Å². The van der Waals surface area contributed by atoms with Crippen LogP contribution < -0.4 is 15.4 Å². The van der Waals surface area contributed by atoms with Gasteiger partial charge in [0, 0.05) is 43.9 Å². The Balaban J connectivity index is 1.91. The summed E-state index contributed by atoms with van der Waals surface area (Å²) in [6.45, 7) is 1.54. The summed E-state index contributed by atoms with van der Waals surface area (Å²) in [5.74, 6) is -4.27. The van der Waals surface area contributed by atoms with Crippen LogP contribution >= 0.6 is 0 Å². The summed E-state index contributed by atoms with van der Waals surface area (Å²) in [5, 5.41) is 5.17. The standard InChI is InChI=1S/C21H23F5N4O4S/c1-13-3-4-15(29-19-10-17(6-8-27-19)34-21(24,25)26)9-18(13)35(32,33)30-12-20(22,23)7-5-16(30)11-28-14(2)31/h3-4,6,8-10,16H,5,7,11-12H2,1-2H3,(H,27,29)(H,28,31). The minimum atomic E-state index is -4.91. The van der Waals surface area contributed by atoms with Crippen molar-refractivity contribution in [3.05, 3.63) is 42.1 Å². The smallest absolute Gasteiger partial charge is 0.406 e. The van der Waals surface area contributed by atoms with Gasteiger partial charge in [-0.25, -0.2) is 22.2 Å². The molecule has 2 N–H and O–H groups in total. The number of anilines is 2. The molecule has 1 aliphatic rings. The van der Waals surface area contributed by atoms with Crippen LogP contribution in [0.15, 0.2) is 41.4 Å². The predicted molar refractivity (Wildman–Crippen MR) is 116 cm³/mol. The van der Waals surface area contributed by atoms with Crippen molar-refractivity contribution in [1.82, 2.24) is 14.6 Å². The van der Waals surface area contributed by atoms with Crippen LogP contribution in [0.2, 0.25) is 0 Å². The number of nitrogens with zero attached hydrogens (tertiary/aromatic N) is 2. The largest absolute Gasteiger partial charge is 0.573 e. The zero-order chi connectivity index (χ0) is 26.0. The van der Waals surface area contributed by atoms with Gasteiger partial charge >= 0.3 is 6.36 Å². The zero-order valence-corrected chi connectivity index (χ0v) is 19.5. The molecular weight excluding hydrogens is 499 g/mol. The normalized spacial score (nSPS) is 18.7. The Morgan fingerprint density at radius 3 is 2.63 bits per heavy atom. The average molecular weight is 522 g/mol. The third-order valence-electron chi connectivity index (χ3n) is 5.24. The summed E-state index contributed by atoms with van der Waals surface area (Å²) in [6.07, 6.45) is -4.52. The van der Waals surface area contributed by atoms with Gasteiger partial charge in [0.1, 0.15) is 11.6 Å². The average Bonchev–Trinajstić information content (AvgIpc) is 2.72. The number of aromatic nitrogens is 1. The van der Waals surface area contributed by atoms with Gasteiger partial charge in [-0.05, 0) is 37.1 Å². The van der Waals surface area contributed by atoms with Gasteiger partial charge in [0.05, 0.1) is 11.4 Å². The molecule has 8 nitrogen and oxygen atoms in total. The minimum absolute atomic E-state index is 0.0630. The Hall–Kier alpha value is -3.00.